The van der Waals surface area contributed by atoms with Gasteiger partial charge in [-0.3, -0.25) is 0 Å². The van der Waals surface area contributed by atoms with E-state index in [0.29, 0.717) is 19.5 Å². The minimum atomic E-state index is -0.604. The van der Waals surface area contributed by atoms with E-state index in [9.17, 15) is 14.0 Å². The van der Waals surface area contributed by atoms with E-state index < -0.39 is 11.7 Å². The van der Waals surface area contributed by atoms with Crippen LogP contribution in [0.4, 0.5) is 14.0 Å². The molecule has 7 heteroatoms. The third-order valence-corrected chi connectivity index (χ3v) is 5.85. The topological polar surface area (TPSA) is 59.1 Å². The maximum absolute atomic E-state index is 13.8. The average molecular weight is 457 g/mol. The van der Waals surface area contributed by atoms with Gasteiger partial charge in [-0.15, -0.1) is 0 Å². The molecule has 0 aliphatic carbocycles. The summed E-state index contributed by atoms with van der Waals surface area (Å²) in [6, 6.07) is 13.9. The van der Waals surface area contributed by atoms with Crippen molar-refractivity contribution in [3.8, 4) is 0 Å². The Morgan fingerprint density at radius 2 is 1.85 bits per heavy atom. The molecule has 3 rings (SSSR count). The fourth-order valence-corrected chi connectivity index (χ4v) is 4.21. The zero-order chi connectivity index (χ0) is 24.2. The molecule has 2 atom stereocenters. The summed E-state index contributed by atoms with van der Waals surface area (Å²) in [6.45, 7) is 8.33. The SMILES string of the molecule is Cc1cc(F)ccc1[C@H]1CN(C(=O)OC(C)(C)C)CC[C@@H]1N(C)C(=O)OCc1ccccc1. The minimum absolute atomic E-state index is 0.182. The number of carbonyl (C=O) groups is 2. The van der Waals surface area contributed by atoms with E-state index in [4.69, 9.17) is 9.47 Å². The highest BCUT2D eigenvalue weighted by molar-refractivity contribution is 5.70. The molecule has 2 aromatic rings. The quantitative estimate of drug-likeness (QED) is 0.610. The second-order valence-corrected chi connectivity index (χ2v) is 9.54. The van der Waals surface area contributed by atoms with Gasteiger partial charge in [0.15, 0.2) is 0 Å². The van der Waals surface area contributed by atoms with Crippen molar-refractivity contribution in [1.29, 1.82) is 0 Å². The van der Waals surface area contributed by atoms with Gasteiger partial charge in [0.05, 0.1) is 0 Å². The maximum atomic E-state index is 13.8. The molecule has 2 amide bonds. The summed E-state index contributed by atoms with van der Waals surface area (Å²) in [4.78, 5) is 28.9. The average Bonchev–Trinajstić information content (AvgIpc) is 2.76. The van der Waals surface area contributed by atoms with E-state index in [2.05, 4.69) is 0 Å². The van der Waals surface area contributed by atoms with Gasteiger partial charge in [0.1, 0.15) is 18.0 Å². The number of likely N-dealkylation sites (N-methyl/N-ethyl adjacent to an activating group) is 1. The van der Waals surface area contributed by atoms with Crippen molar-refractivity contribution >= 4 is 12.2 Å². The third kappa shape index (κ3) is 6.46. The number of piperidine rings is 1. The van der Waals surface area contributed by atoms with Crippen molar-refractivity contribution in [2.45, 2.75) is 58.3 Å². The van der Waals surface area contributed by atoms with Gasteiger partial charge in [-0.2, -0.15) is 0 Å². The Kier molecular flexibility index (Phi) is 7.61. The molecule has 1 fully saturated rings. The van der Waals surface area contributed by atoms with Crippen LogP contribution >= 0.6 is 0 Å². The summed E-state index contributed by atoms with van der Waals surface area (Å²) >= 11 is 0. The normalized spacial score (nSPS) is 18.5. The van der Waals surface area contributed by atoms with Crippen LogP contribution < -0.4 is 0 Å². The standard InChI is InChI=1S/C26H33FN2O4/c1-18-15-20(27)11-12-21(18)22-16-29(25(31)33-26(2,3)4)14-13-23(22)28(5)24(30)32-17-19-9-7-6-8-10-19/h6-12,15,22-23H,13-14,16-17H2,1-5H3/t22-,23+/m1/s1. The van der Waals surface area contributed by atoms with Gasteiger partial charge in [0.25, 0.3) is 0 Å². The Bertz CT molecular complexity index is 974. The predicted octanol–water partition coefficient (Wildman–Crippen LogP) is 5.50. The van der Waals surface area contributed by atoms with Crippen LogP contribution in [0.25, 0.3) is 0 Å². The lowest BCUT2D eigenvalue weighted by atomic mass is 9.83. The Morgan fingerprint density at radius 3 is 2.48 bits per heavy atom. The van der Waals surface area contributed by atoms with Crippen molar-refractivity contribution in [3.05, 3.63) is 71.0 Å². The van der Waals surface area contributed by atoms with E-state index in [-0.39, 0.29) is 30.5 Å². The van der Waals surface area contributed by atoms with Gasteiger partial charge in [0, 0.05) is 32.1 Å². The predicted molar refractivity (Wildman–Crippen MR) is 124 cm³/mol. The van der Waals surface area contributed by atoms with E-state index in [0.717, 1.165) is 16.7 Å². The first-order valence-electron chi connectivity index (χ1n) is 11.2. The van der Waals surface area contributed by atoms with E-state index in [1.165, 1.54) is 12.1 Å². The van der Waals surface area contributed by atoms with Gasteiger partial charge >= 0.3 is 12.2 Å². The zero-order valence-corrected chi connectivity index (χ0v) is 20.0. The van der Waals surface area contributed by atoms with Gasteiger partial charge in [0.2, 0.25) is 0 Å². The summed E-state index contributed by atoms with van der Waals surface area (Å²) in [5.41, 5.74) is 1.98. The van der Waals surface area contributed by atoms with Gasteiger partial charge in [-0.05, 0) is 62.9 Å². The molecule has 1 saturated heterocycles. The number of amides is 2. The highest BCUT2D eigenvalue weighted by Gasteiger charge is 2.38. The van der Waals surface area contributed by atoms with Crippen LogP contribution in [0.15, 0.2) is 48.5 Å². The third-order valence-electron chi connectivity index (χ3n) is 5.85. The lowest BCUT2D eigenvalue weighted by molar-refractivity contribution is 0.0111. The molecular formula is C26H33FN2O4. The minimum Gasteiger partial charge on any atom is -0.445 e. The monoisotopic (exact) mass is 456 g/mol. The molecule has 0 aromatic heterocycles. The van der Waals surface area contributed by atoms with Crippen LogP contribution in [-0.2, 0) is 16.1 Å². The first-order valence-corrected chi connectivity index (χ1v) is 11.2. The molecule has 1 heterocycles. The van der Waals surface area contributed by atoms with Crippen LogP contribution in [0.3, 0.4) is 0 Å². The second kappa shape index (κ2) is 10.2. The van der Waals surface area contributed by atoms with Crippen molar-refractivity contribution < 1.29 is 23.5 Å². The van der Waals surface area contributed by atoms with Crippen molar-refractivity contribution in [1.82, 2.24) is 9.80 Å². The van der Waals surface area contributed by atoms with Crippen LogP contribution in [-0.4, -0.2) is 53.8 Å². The smallest absolute Gasteiger partial charge is 0.410 e. The largest absolute Gasteiger partial charge is 0.445 e. The molecule has 0 unspecified atom stereocenters. The number of rotatable bonds is 4. The van der Waals surface area contributed by atoms with Gasteiger partial charge in [-0.1, -0.05) is 36.4 Å². The number of benzene rings is 2. The second-order valence-electron chi connectivity index (χ2n) is 9.54. The summed E-state index contributed by atoms with van der Waals surface area (Å²) in [7, 11) is 1.72. The number of hydrogen-bond acceptors (Lipinski definition) is 4. The highest BCUT2D eigenvalue weighted by atomic mass is 19.1. The Balaban J connectivity index is 1.79. The van der Waals surface area contributed by atoms with Crippen LogP contribution in [0.2, 0.25) is 0 Å². The molecule has 33 heavy (non-hydrogen) atoms. The van der Waals surface area contributed by atoms with Crippen molar-refractivity contribution in [2.24, 2.45) is 0 Å². The summed E-state index contributed by atoms with van der Waals surface area (Å²) in [5, 5.41) is 0. The number of carbonyl (C=O) groups excluding carboxylic acids is 2. The summed E-state index contributed by atoms with van der Waals surface area (Å²) in [5.74, 6) is -0.524. The van der Waals surface area contributed by atoms with E-state index >= 15 is 0 Å². The first-order chi connectivity index (χ1) is 15.5. The summed E-state index contributed by atoms with van der Waals surface area (Å²) in [6.07, 6.45) is -0.267. The lowest BCUT2D eigenvalue weighted by Crippen LogP contribution is -2.52. The molecular weight excluding hydrogens is 423 g/mol. The number of ether oxygens (including phenoxy) is 2. The fourth-order valence-electron chi connectivity index (χ4n) is 4.21. The molecule has 1 aliphatic rings. The Morgan fingerprint density at radius 1 is 1.15 bits per heavy atom. The molecule has 0 saturated carbocycles. The molecule has 178 valence electrons. The molecule has 6 nitrogen and oxygen atoms in total. The Labute approximate surface area is 195 Å². The number of hydrogen-bond donors (Lipinski definition) is 0. The molecule has 0 spiro atoms. The highest BCUT2D eigenvalue weighted by Crippen LogP contribution is 2.33. The molecule has 0 bridgehead atoms. The summed E-state index contributed by atoms with van der Waals surface area (Å²) < 4.78 is 24.9. The fraction of sp³-hybridized carbons (Fsp3) is 0.462. The van der Waals surface area contributed by atoms with Crippen LogP contribution in [0.5, 0.6) is 0 Å². The Hall–Kier alpha value is -3.09. The first kappa shape index (κ1) is 24.6. The van der Waals surface area contributed by atoms with Crippen molar-refractivity contribution in [3.63, 3.8) is 0 Å². The number of aryl methyl sites for hydroxylation is 1. The lowest BCUT2D eigenvalue weighted by Gasteiger charge is -2.43. The maximum Gasteiger partial charge on any atom is 0.410 e. The number of halogens is 1. The van der Waals surface area contributed by atoms with Gasteiger partial charge in [-0.25, -0.2) is 14.0 Å². The number of likely N-dealkylation sites (tertiary alicyclic amines) is 1. The van der Waals surface area contributed by atoms with E-state index in [1.807, 2.05) is 58.0 Å². The molecule has 0 radical (unpaired) electrons. The molecule has 0 N–H and O–H groups in total. The number of nitrogens with zero attached hydrogens (tertiary/aromatic N) is 2. The van der Waals surface area contributed by atoms with Gasteiger partial charge < -0.3 is 19.3 Å². The molecule has 1 aliphatic heterocycles. The van der Waals surface area contributed by atoms with E-state index in [1.54, 1.807) is 22.9 Å². The van der Waals surface area contributed by atoms with Crippen LogP contribution in [0, 0.1) is 12.7 Å². The molecule has 2 aromatic carbocycles. The van der Waals surface area contributed by atoms with Crippen LogP contribution in [0.1, 0.15) is 49.8 Å². The zero-order valence-electron chi connectivity index (χ0n) is 20.0. The van der Waals surface area contributed by atoms with Crippen molar-refractivity contribution in [2.75, 3.05) is 20.1 Å².